The minimum absolute atomic E-state index is 0.0158. The Morgan fingerprint density at radius 3 is 2.63 bits per heavy atom. The number of allylic oxidation sites excluding steroid dienone is 1. The molecule has 0 radical (unpaired) electrons. The van der Waals surface area contributed by atoms with E-state index in [1.165, 1.54) is 0 Å². The fraction of sp³-hybridized carbons (Fsp3) is 0.733. The first-order valence-corrected chi connectivity index (χ1v) is 7.33. The van der Waals surface area contributed by atoms with Crippen molar-refractivity contribution in [2.24, 2.45) is 0 Å². The highest BCUT2D eigenvalue weighted by atomic mass is 35.5. The third-order valence-corrected chi connectivity index (χ3v) is 4.32. The predicted octanol–water partition coefficient (Wildman–Crippen LogP) is 2.26. The summed E-state index contributed by atoms with van der Waals surface area (Å²) in [4.78, 5) is 0. The van der Waals surface area contributed by atoms with Gasteiger partial charge in [-0.05, 0) is 25.3 Å². The largest absolute Gasteiger partial charge is 0.390 e. The van der Waals surface area contributed by atoms with Gasteiger partial charge in [0.2, 0.25) is 0 Å². The van der Waals surface area contributed by atoms with Gasteiger partial charge in [-0.15, -0.1) is 18.0 Å². The van der Waals surface area contributed by atoms with Crippen LogP contribution in [0, 0.1) is 12.3 Å². The number of hydrogen-bond donors (Lipinski definition) is 1. The molecule has 19 heavy (non-hydrogen) atoms. The molecule has 2 aliphatic heterocycles. The minimum atomic E-state index is -0.382. The Morgan fingerprint density at radius 1 is 1.32 bits per heavy atom. The summed E-state index contributed by atoms with van der Waals surface area (Å²) >= 11 is 6.31. The maximum Gasteiger partial charge on any atom is 0.0868 e. The fourth-order valence-corrected chi connectivity index (χ4v) is 3.16. The summed E-state index contributed by atoms with van der Waals surface area (Å²) in [6.45, 7) is 2.02. The Bertz CT molecular complexity index is 363. The number of hydrogen-bond acceptors (Lipinski definition) is 3. The average molecular weight is 285 g/mol. The summed E-state index contributed by atoms with van der Waals surface area (Å²) in [5.74, 6) is 2.46. The molecule has 0 aliphatic carbocycles. The molecule has 2 heterocycles. The van der Waals surface area contributed by atoms with E-state index < -0.39 is 0 Å². The van der Waals surface area contributed by atoms with Gasteiger partial charge in [0.15, 0.2) is 0 Å². The zero-order chi connectivity index (χ0) is 13.8. The first-order chi connectivity index (χ1) is 9.15. The topological polar surface area (TPSA) is 38.7 Å². The van der Waals surface area contributed by atoms with E-state index in [-0.39, 0.29) is 35.9 Å². The molecule has 0 aromatic heterocycles. The quantitative estimate of drug-likeness (QED) is 0.636. The van der Waals surface area contributed by atoms with E-state index in [9.17, 15) is 5.11 Å². The Morgan fingerprint density at radius 2 is 2.00 bits per heavy atom. The average Bonchev–Trinajstić information content (AvgIpc) is 2.93. The van der Waals surface area contributed by atoms with Gasteiger partial charge in [0.1, 0.15) is 0 Å². The second-order valence-electron chi connectivity index (χ2n) is 5.19. The highest BCUT2D eigenvalue weighted by molar-refractivity contribution is 6.21. The van der Waals surface area contributed by atoms with E-state index >= 15 is 0 Å². The summed E-state index contributed by atoms with van der Waals surface area (Å²) in [5.41, 5.74) is 0. The lowest BCUT2D eigenvalue weighted by molar-refractivity contribution is -0.0693. The van der Waals surface area contributed by atoms with Gasteiger partial charge >= 0.3 is 0 Å². The SMILES string of the molecule is C#CC=CCC1OC(C2CC(O)C(CC)O2)CC1Cl. The van der Waals surface area contributed by atoms with Crippen LogP contribution in [-0.4, -0.2) is 41.0 Å². The van der Waals surface area contributed by atoms with E-state index in [4.69, 9.17) is 27.5 Å². The van der Waals surface area contributed by atoms with Crippen LogP contribution in [0.3, 0.4) is 0 Å². The molecular formula is C15H21ClO3. The molecule has 4 heteroatoms. The maximum absolute atomic E-state index is 9.88. The highest BCUT2D eigenvalue weighted by Gasteiger charge is 2.43. The second-order valence-corrected chi connectivity index (χ2v) is 5.75. The number of aliphatic hydroxyl groups excluding tert-OH is 1. The molecule has 0 bridgehead atoms. The Hall–Kier alpha value is -0.530. The van der Waals surface area contributed by atoms with Crippen molar-refractivity contribution in [3.63, 3.8) is 0 Å². The van der Waals surface area contributed by atoms with Crippen LogP contribution in [0.25, 0.3) is 0 Å². The number of alkyl halides is 1. The highest BCUT2D eigenvalue weighted by Crippen LogP contribution is 2.35. The van der Waals surface area contributed by atoms with Crippen LogP contribution in [-0.2, 0) is 9.47 Å². The van der Waals surface area contributed by atoms with Crippen molar-refractivity contribution in [1.29, 1.82) is 0 Å². The molecule has 6 unspecified atom stereocenters. The zero-order valence-corrected chi connectivity index (χ0v) is 11.9. The first kappa shape index (κ1) is 14.9. The summed E-state index contributed by atoms with van der Waals surface area (Å²) in [6, 6.07) is 0. The second kappa shape index (κ2) is 6.76. The molecule has 2 rings (SSSR count). The molecule has 0 aromatic rings. The molecule has 0 saturated carbocycles. The van der Waals surface area contributed by atoms with E-state index in [2.05, 4.69) is 5.92 Å². The number of terminal acetylenes is 1. The Balaban J connectivity index is 1.87. The molecule has 0 amide bonds. The fourth-order valence-electron chi connectivity index (χ4n) is 2.82. The summed E-state index contributed by atoms with van der Waals surface area (Å²) < 4.78 is 11.8. The van der Waals surface area contributed by atoms with Crippen molar-refractivity contribution in [2.45, 2.75) is 68.5 Å². The van der Waals surface area contributed by atoms with Gasteiger partial charge < -0.3 is 14.6 Å². The monoisotopic (exact) mass is 284 g/mol. The van der Waals surface area contributed by atoms with Crippen LogP contribution in [0.2, 0.25) is 0 Å². The lowest BCUT2D eigenvalue weighted by atomic mass is 10.0. The molecule has 106 valence electrons. The van der Waals surface area contributed by atoms with Crippen LogP contribution in [0.4, 0.5) is 0 Å². The first-order valence-electron chi connectivity index (χ1n) is 6.89. The van der Waals surface area contributed by atoms with Gasteiger partial charge in [-0.3, -0.25) is 0 Å². The van der Waals surface area contributed by atoms with Crippen LogP contribution >= 0.6 is 11.6 Å². The molecule has 0 spiro atoms. The van der Waals surface area contributed by atoms with E-state index in [1.807, 2.05) is 13.0 Å². The molecule has 6 atom stereocenters. The normalized spacial score (nSPS) is 42.8. The van der Waals surface area contributed by atoms with Crippen molar-refractivity contribution >= 4 is 11.6 Å². The van der Waals surface area contributed by atoms with Gasteiger partial charge in [0.05, 0.1) is 35.9 Å². The number of aliphatic hydroxyl groups is 1. The molecule has 0 aromatic carbocycles. The Kier molecular flexibility index (Phi) is 5.29. The zero-order valence-electron chi connectivity index (χ0n) is 11.2. The van der Waals surface area contributed by atoms with Gasteiger partial charge in [-0.25, -0.2) is 0 Å². The van der Waals surface area contributed by atoms with Gasteiger partial charge in [-0.2, -0.15) is 0 Å². The Labute approximate surface area is 119 Å². The van der Waals surface area contributed by atoms with Gasteiger partial charge in [-0.1, -0.05) is 18.9 Å². The van der Waals surface area contributed by atoms with Crippen LogP contribution in [0.15, 0.2) is 12.2 Å². The third kappa shape index (κ3) is 3.52. The van der Waals surface area contributed by atoms with Crippen LogP contribution in [0.1, 0.15) is 32.6 Å². The predicted molar refractivity (Wildman–Crippen MR) is 75.1 cm³/mol. The van der Waals surface area contributed by atoms with E-state index in [0.29, 0.717) is 6.42 Å². The van der Waals surface area contributed by atoms with Crippen molar-refractivity contribution in [2.75, 3.05) is 0 Å². The maximum atomic E-state index is 9.88. The smallest absolute Gasteiger partial charge is 0.0868 e. The van der Waals surface area contributed by atoms with Crippen LogP contribution < -0.4 is 0 Å². The molecule has 2 aliphatic rings. The van der Waals surface area contributed by atoms with E-state index in [0.717, 1.165) is 19.3 Å². The molecule has 1 N–H and O–H groups in total. The summed E-state index contributed by atoms with van der Waals surface area (Å²) in [5, 5.41) is 9.86. The molecular weight excluding hydrogens is 264 g/mol. The minimum Gasteiger partial charge on any atom is -0.390 e. The molecule has 2 saturated heterocycles. The standard InChI is InChI=1S/C15H21ClO3/c1-3-5-6-7-13-10(16)8-14(19-13)15-9-11(17)12(4-2)18-15/h1,5-6,10-15,17H,4,7-9H2,2H3. The molecule has 3 nitrogen and oxygen atoms in total. The van der Waals surface area contributed by atoms with Crippen molar-refractivity contribution in [1.82, 2.24) is 0 Å². The third-order valence-electron chi connectivity index (χ3n) is 3.86. The van der Waals surface area contributed by atoms with Crippen molar-refractivity contribution < 1.29 is 14.6 Å². The van der Waals surface area contributed by atoms with Crippen molar-refractivity contribution in [3.05, 3.63) is 12.2 Å². The molecule has 2 fully saturated rings. The lowest BCUT2D eigenvalue weighted by Crippen LogP contribution is -2.26. The summed E-state index contributed by atoms with van der Waals surface area (Å²) in [7, 11) is 0. The van der Waals surface area contributed by atoms with Gasteiger partial charge in [0, 0.05) is 6.42 Å². The summed E-state index contributed by atoms with van der Waals surface area (Å²) in [6.07, 6.45) is 11.2. The number of rotatable bonds is 4. The van der Waals surface area contributed by atoms with E-state index in [1.54, 1.807) is 6.08 Å². The van der Waals surface area contributed by atoms with Crippen molar-refractivity contribution in [3.8, 4) is 12.3 Å². The number of ether oxygens (including phenoxy) is 2. The number of halogens is 1. The van der Waals surface area contributed by atoms with Gasteiger partial charge in [0.25, 0.3) is 0 Å². The lowest BCUT2D eigenvalue weighted by Gasteiger charge is -2.19. The van der Waals surface area contributed by atoms with Crippen LogP contribution in [0.5, 0.6) is 0 Å².